The van der Waals surface area contributed by atoms with Gasteiger partial charge in [-0.25, -0.2) is 8.42 Å². The average molecular weight is 392 g/mol. The fourth-order valence-electron chi connectivity index (χ4n) is 4.80. The van der Waals surface area contributed by atoms with Crippen LogP contribution in [0.25, 0.3) is 0 Å². The zero-order valence-corrected chi connectivity index (χ0v) is 16.7. The molecule has 1 aromatic carbocycles. The zero-order chi connectivity index (χ0) is 19.0. The number of hydrogen-bond acceptors (Lipinski definition) is 4. The molecule has 3 fully saturated rings. The van der Waals surface area contributed by atoms with Crippen molar-refractivity contribution in [1.82, 2.24) is 14.5 Å². The van der Waals surface area contributed by atoms with Gasteiger partial charge in [0.1, 0.15) is 0 Å². The van der Waals surface area contributed by atoms with Gasteiger partial charge in [0.15, 0.2) is 0 Å². The molecular formula is C20H29N3O3S. The molecule has 1 amide bonds. The Bertz CT molecular complexity index is 792. The number of likely N-dealkylation sites (tertiary alicyclic amines) is 1. The lowest BCUT2D eigenvalue weighted by Crippen LogP contribution is -2.38. The highest BCUT2D eigenvalue weighted by atomic mass is 32.2. The molecule has 0 bridgehead atoms. The number of nitrogens with one attached hydrogen (secondary N) is 1. The Hall–Kier alpha value is -1.44. The van der Waals surface area contributed by atoms with Crippen molar-refractivity contribution in [2.75, 3.05) is 33.2 Å². The highest BCUT2D eigenvalue weighted by molar-refractivity contribution is 7.89. The van der Waals surface area contributed by atoms with E-state index >= 15 is 0 Å². The monoisotopic (exact) mass is 391 g/mol. The van der Waals surface area contributed by atoms with Crippen molar-refractivity contribution in [2.24, 2.45) is 11.8 Å². The molecule has 2 aliphatic heterocycles. The number of rotatable bonds is 4. The lowest BCUT2D eigenvalue weighted by Gasteiger charge is -2.30. The minimum absolute atomic E-state index is 0.0539. The van der Waals surface area contributed by atoms with E-state index < -0.39 is 10.0 Å². The molecule has 4 rings (SSSR count). The molecule has 148 valence electrons. The maximum atomic E-state index is 13.1. The maximum Gasteiger partial charge on any atom is 0.253 e. The minimum Gasteiger partial charge on any atom is -0.338 e. The lowest BCUT2D eigenvalue weighted by atomic mass is 9.96. The molecule has 2 saturated heterocycles. The van der Waals surface area contributed by atoms with Gasteiger partial charge in [-0.3, -0.25) is 4.79 Å². The smallest absolute Gasteiger partial charge is 0.253 e. The first kappa shape index (κ1) is 18.9. The summed E-state index contributed by atoms with van der Waals surface area (Å²) in [6.45, 7) is 3.45. The molecule has 27 heavy (non-hydrogen) atoms. The van der Waals surface area contributed by atoms with Gasteiger partial charge in [0.25, 0.3) is 5.91 Å². The molecule has 7 heteroatoms. The fraction of sp³-hybridized carbons (Fsp3) is 0.650. The first-order valence-corrected chi connectivity index (χ1v) is 11.5. The van der Waals surface area contributed by atoms with E-state index in [0.29, 0.717) is 17.4 Å². The Balaban J connectivity index is 1.52. The third-order valence-electron chi connectivity index (χ3n) is 6.52. The van der Waals surface area contributed by atoms with E-state index in [4.69, 9.17) is 0 Å². The van der Waals surface area contributed by atoms with Crippen molar-refractivity contribution in [2.45, 2.75) is 43.0 Å². The number of carbonyl (C=O) groups excluding carboxylic acids is 1. The number of nitrogens with zero attached hydrogens (tertiary/aromatic N) is 2. The third kappa shape index (κ3) is 3.65. The van der Waals surface area contributed by atoms with Gasteiger partial charge in [0.05, 0.1) is 4.90 Å². The normalized spacial score (nSPS) is 26.5. The first-order valence-electron chi connectivity index (χ1n) is 10.0. The van der Waals surface area contributed by atoms with Crippen LogP contribution in [0.1, 0.15) is 42.5 Å². The van der Waals surface area contributed by atoms with Crippen LogP contribution in [0.3, 0.4) is 0 Å². The Morgan fingerprint density at radius 2 is 1.78 bits per heavy atom. The minimum atomic E-state index is -3.58. The molecular weight excluding hydrogens is 362 g/mol. The highest BCUT2D eigenvalue weighted by Crippen LogP contribution is 2.29. The van der Waals surface area contributed by atoms with Gasteiger partial charge in [-0.1, -0.05) is 25.3 Å². The van der Waals surface area contributed by atoms with E-state index in [1.807, 2.05) is 4.90 Å². The second-order valence-corrected chi connectivity index (χ2v) is 10.2. The van der Waals surface area contributed by atoms with Crippen LogP contribution in [0.15, 0.2) is 29.2 Å². The second-order valence-electron chi connectivity index (χ2n) is 8.23. The molecule has 0 spiro atoms. The Kier molecular flexibility index (Phi) is 5.27. The predicted octanol–water partition coefficient (Wildman–Crippen LogP) is 1.93. The molecule has 2 heterocycles. The van der Waals surface area contributed by atoms with Crippen molar-refractivity contribution < 1.29 is 13.2 Å². The lowest BCUT2D eigenvalue weighted by molar-refractivity contribution is 0.0781. The van der Waals surface area contributed by atoms with Gasteiger partial charge < -0.3 is 10.2 Å². The van der Waals surface area contributed by atoms with Crippen LogP contribution >= 0.6 is 0 Å². The average Bonchev–Trinajstić information content (AvgIpc) is 3.30. The summed E-state index contributed by atoms with van der Waals surface area (Å²) in [6.07, 6.45) is 5.17. The second kappa shape index (κ2) is 7.53. The number of sulfonamides is 1. The van der Waals surface area contributed by atoms with Gasteiger partial charge >= 0.3 is 0 Å². The summed E-state index contributed by atoms with van der Waals surface area (Å²) in [7, 11) is -1.91. The Morgan fingerprint density at radius 1 is 1.11 bits per heavy atom. The summed E-state index contributed by atoms with van der Waals surface area (Å²) < 4.78 is 27.7. The van der Waals surface area contributed by atoms with Crippen molar-refractivity contribution in [3.63, 3.8) is 0 Å². The van der Waals surface area contributed by atoms with Crippen LogP contribution < -0.4 is 5.32 Å². The maximum absolute atomic E-state index is 13.1. The van der Waals surface area contributed by atoms with E-state index in [2.05, 4.69) is 5.32 Å². The molecule has 0 aromatic heterocycles. The van der Waals surface area contributed by atoms with Crippen LogP contribution in [0.2, 0.25) is 0 Å². The Morgan fingerprint density at radius 3 is 2.44 bits per heavy atom. The summed E-state index contributed by atoms with van der Waals surface area (Å²) in [4.78, 5) is 15.0. The largest absolute Gasteiger partial charge is 0.338 e. The Labute approximate surface area is 162 Å². The molecule has 0 radical (unpaired) electrons. The molecule has 0 unspecified atom stereocenters. The van der Waals surface area contributed by atoms with E-state index in [1.165, 1.54) is 10.7 Å². The fourth-order valence-corrected chi connectivity index (χ4v) is 6.26. The van der Waals surface area contributed by atoms with E-state index in [1.54, 1.807) is 31.3 Å². The molecule has 1 aromatic rings. The number of carbonyl (C=O) groups is 1. The molecule has 1 N–H and O–H groups in total. The standard InChI is InChI=1S/C20H29N3O3S/c1-22(18-7-3-2-4-8-18)27(25,26)19-9-5-6-15(10-19)20(24)23-13-16-11-21-12-17(16)14-23/h5-6,9-10,16-18,21H,2-4,7-8,11-14H2,1H3/t16-,17+. The quantitative estimate of drug-likeness (QED) is 0.852. The van der Waals surface area contributed by atoms with Crippen LogP contribution in [-0.2, 0) is 10.0 Å². The molecule has 1 aliphatic carbocycles. The predicted molar refractivity (Wildman–Crippen MR) is 104 cm³/mol. The van der Waals surface area contributed by atoms with Crippen molar-refractivity contribution in [1.29, 1.82) is 0 Å². The first-order chi connectivity index (χ1) is 13.0. The van der Waals surface area contributed by atoms with Gasteiger partial charge in [0, 0.05) is 44.8 Å². The topological polar surface area (TPSA) is 69.7 Å². The molecule has 6 nitrogen and oxygen atoms in total. The number of hydrogen-bond donors (Lipinski definition) is 1. The van der Waals surface area contributed by atoms with Crippen LogP contribution in [0.4, 0.5) is 0 Å². The number of amides is 1. The van der Waals surface area contributed by atoms with Gasteiger partial charge in [0.2, 0.25) is 10.0 Å². The van der Waals surface area contributed by atoms with Gasteiger partial charge in [-0.2, -0.15) is 4.31 Å². The number of benzene rings is 1. The van der Waals surface area contributed by atoms with Crippen LogP contribution in [0, 0.1) is 11.8 Å². The summed E-state index contributed by atoms with van der Waals surface area (Å²) >= 11 is 0. The highest BCUT2D eigenvalue weighted by Gasteiger charge is 2.38. The van der Waals surface area contributed by atoms with Crippen molar-refractivity contribution in [3.8, 4) is 0 Å². The van der Waals surface area contributed by atoms with Gasteiger partial charge in [-0.05, 0) is 42.9 Å². The van der Waals surface area contributed by atoms with Gasteiger partial charge in [-0.15, -0.1) is 0 Å². The van der Waals surface area contributed by atoms with Crippen LogP contribution in [-0.4, -0.2) is 62.8 Å². The summed E-state index contributed by atoms with van der Waals surface area (Å²) in [6, 6.07) is 6.65. The SMILES string of the molecule is CN(C1CCCCC1)S(=O)(=O)c1cccc(C(=O)N2C[C@H]3CNC[C@H]3C2)c1. The van der Waals surface area contributed by atoms with E-state index in [0.717, 1.165) is 51.9 Å². The summed E-state index contributed by atoms with van der Waals surface area (Å²) in [5, 5.41) is 3.37. The molecule has 2 atom stereocenters. The van der Waals surface area contributed by atoms with E-state index in [-0.39, 0.29) is 16.8 Å². The molecule has 1 saturated carbocycles. The third-order valence-corrected chi connectivity index (χ3v) is 8.43. The van der Waals surface area contributed by atoms with Crippen LogP contribution in [0.5, 0.6) is 0 Å². The zero-order valence-electron chi connectivity index (χ0n) is 15.9. The molecule has 3 aliphatic rings. The van der Waals surface area contributed by atoms with Crippen molar-refractivity contribution >= 4 is 15.9 Å². The van der Waals surface area contributed by atoms with E-state index in [9.17, 15) is 13.2 Å². The summed E-state index contributed by atoms with van der Waals surface area (Å²) in [5.41, 5.74) is 0.473. The van der Waals surface area contributed by atoms with Crippen molar-refractivity contribution in [3.05, 3.63) is 29.8 Å². The summed E-state index contributed by atoms with van der Waals surface area (Å²) in [5.74, 6) is 0.998. The number of fused-ring (bicyclic) bond motifs is 1.